The smallest absolute Gasteiger partial charge is 0.264 e. The van der Waals surface area contributed by atoms with Gasteiger partial charge in [-0.2, -0.15) is 0 Å². The lowest BCUT2D eigenvalue weighted by molar-refractivity contribution is 0.101. The average molecular weight is 660 g/mol. The molecule has 2 N–H and O–H groups in total. The normalized spacial score (nSPS) is 13.8. The van der Waals surface area contributed by atoms with E-state index in [0.29, 0.717) is 28.2 Å². The third kappa shape index (κ3) is 6.61. The Labute approximate surface area is 281 Å². The van der Waals surface area contributed by atoms with Crippen LogP contribution in [-0.4, -0.2) is 55.0 Å². The highest BCUT2D eigenvalue weighted by molar-refractivity contribution is 7.92. The van der Waals surface area contributed by atoms with Crippen LogP contribution in [0.1, 0.15) is 37.8 Å². The zero-order valence-corrected chi connectivity index (χ0v) is 28.0. The van der Waals surface area contributed by atoms with Crippen LogP contribution in [-0.2, 0) is 10.0 Å². The van der Waals surface area contributed by atoms with E-state index in [4.69, 9.17) is 0 Å². The number of nitrogens with zero attached hydrogens (tertiary/aromatic N) is 3. The first-order valence-electron chi connectivity index (χ1n) is 15.5. The Morgan fingerprint density at radius 3 is 1.67 bits per heavy atom. The highest BCUT2D eigenvalue weighted by Crippen LogP contribution is 2.44. The molecule has 2 amide bonds. The van der Waals surface area contributed by atoms with Crippen LogP contribution in [0.5, 0.6) is 0 Å². The maximum Gasteiger partial charge on any atom is 0.264 e. The van der Waals surface area contributed by atoms with E-state index < -0.39 is 10.0 Å². The molecule has 1 aliphatic rings. The molecular formula is C38H37N5O4S. The largest absolute Gasteiger partial charge is 0.378 e. The highest BCUT2D eigenvalue weighted by Gasteiger charge is 2.37. The highest BCUT2D eigenvalue weighted by atomic mass is 32.2. The molecule has 1 atom stereocenters. The lowest BCUT2D eigenvalue weighted by atomic mass is 9.93. The molecule has 244 valence electrons. The monoisotopic (exact) mass is 659 g/mol. The minimum atomic E-state index is -3.91. The fraction of sp³-hybridized carbons (Fsp3) is 0.158. The molecule has 1 heterocycles. The van der Waals surface area contributed by atoms with Crippen LogP contribution in [0, 0.1) is 0 Å². The number of rotatable bonds is 9. The number of carbonyl (C=O) groups excluding carboxylic acids is 2. The van der Waals surface area contributed by atoms with Crippen LogP contribution < -0.4 is 24.7 Å². The topological polar surface area (TPSA) is 102 Å². The van der Waals surface area contributed by atoms with E-state index >= 15 is 0 Å². The van der Waals surface area contributed by atoms with Crippen molar-refractivity contribution in [1.82, 2.24) is 0 Å². The molecule has 0 spiro atoms. The summed E-state index contributed by atoms with van der Waals surface area (Å²) in [5.74, 6) is -0.786. The van der Waals surface area contributed by atoms with Crippen molar-refractivity contribution in [1.29, 1.82) is 0 Å². The molecule has 0 saturated heterocycles. The lowest BCUT2D eigenvalue weighted by Crippen LogP contribution is -2.30. The first-order chi connectivity index (χ1) is 23.0. The van der Waals surface area contributed by atoms with Gasteiger partial charge in [0.25, 0.3) is 21.8 Å². The molecule has 1 unspecified atom stereocenters. The number of hydrogen-bond acceptors (Lipinski definition) is 6. The molecule has 0 aromatic heterocycles. The molecule has 0 radical (unpaired) electrons. The molecule has 9 nitrogen and oxygen atoms in total. The van der Waals surface area contributed by atoms with Crippen LogP contribution in [0.3, 0.4) is 0 Å². The van der Waals surface area contributed by atoms with Crippen molar-refractivity contribution in [3.8, 4) is 0 Å². The second kappa shape index (κ2) is 13.2. The number of amides is 2. The Morgan fingerprint density at radius 1 is 0.646 bits per heavy atom. The molecule has 48 heavy (non-hydrogen) atoms. The van der Waals surface area contributed by atoms with Crippen molar-refractivity contribution < 1.29 is 18.0 Å². The maximum absolute atomic E-state index is 14.0. The molecule has 0 fully saturated rings. The number of nitrogens with one attached hydrogen (secondary N) is 2. The van der Waals surface area contributed by atoms with E-state index in [0.717, 1.165) is 22.5 Å². The summed E-state index contributed by atoms with van der Waals surface area (Å²) in [6.07, 6.45) is 0. The Bertz CT molecular complexity index is 2050. The Hall–Kier alpha value is -5.61. The Balaban J connectivity index is 1.27. The number of benzene rings is 5. The Morgan fingerprint density at radius 2 is 1.15 bits per heavy atom. The predicted octanol–water partition coefficient (Wildman–Crippen LogP) is 6.66. The first kappa shape index (κ1) is 32.3. The van der Waals surface area contributed by atoms with Crippen molar-refractivity contribution in [3.63, 3.8) is 0 Å². The third-order valence-electron chi connectivity index (χ3n) is 8.47. The minimum Gasteiger partial charge on any atom is -0.378 e. The van der Waals surface area contributed by atoms with E-state index in [-0.39, 0.29) is 29.2 Å². The number of anilines is 5. The summed E-state index contributed by atoms with van der Waals surface area (Å²) in [5, 5.41) is 5.88. The van der Waals surface area contributed by atoms with Gasteiger partial charge in [-0.05, 0) is 96.1 Å². The molecular weight excluding hydrogens is 623 g/mol. The van der Waals surface area contributed by atoms with Gasteiger partial charge in [-0.1, -0.05) is 36.4 Å². The number of hydrogen-bond donors (Lipinski definition) is 2. The zero-order valence-electron chi connectivity index (χ0n) is 27.2. The second-order valence-electron chi connectivity index (χ2n) is 12.1. The summed E-state index contributed by atoms with van der Waals surface area (Å²) < 4.78 is 29.4. The van der Waals surface area contributed by atoms with Gasteiger partial charge in [0, 0.05) is 74.5 Å². The third-order valence-corrected chi connectivity index (χ3v) is 10.3. The number of fused-ring (bicyclic) bond motifs is 1. The fourth-order valence-electron chi connectivity index (χ4n) is 5.75. The first-order valence-corrected chi connectivity index (χ1v) is 16.9. The molecule has 6 rings (SSSR count). The van der Waals surface area contributed by atoms with Gasteiger partial charge >= 0.3 is 0 Å². The van der Waals surface area contributed by atoms with Crippen molar-refractivity contribution in [2.24, 2.45) is 0 Å². The minimum absolute atomic E-state index is 0.180. The SMILES string of the molecule is CN(C)c1ccc(C(=O)Nc2ccc(C3CN(S(=O)(=O)c4ccccc4)c4cc(NC(=O)c5ccc(N(C)C)cc5)ccc43)cc2)cc1. The van der Waals surface area contributed by atoms with Crippen molar-refractivity contribution >= 4 is 50.3 Å². The summed E-state index contributed by atoms with van der Waals surface area (Å²) in [6, 6.07) is 35.8. The van der Waals surface area contributed by atoms with Gasteiger partial charge < -0.3 is 20.4 Å². The molecule has 0 aliphatic carbocycles. The van der Waals surface area contributed by atoms with E-state index in [1.165, 1.54) is 4.31 Å². The van der Waals surface area contributed by atoms with Crippen LogP contribution in [0.2, 0.25) is 0 Å². The summed E-state index contributed by atoms with van der Waals surface area (Å²) in [5.41, 5.74) is 6.35. The van der Waals surface area contributed by atoms with E-state index in [1.54, 1.807) is 66.7 Å². The van der Waals surface area contributed by atoms with Gasteiger partial charge in [0.05, 0.1) is 10.6 Å². The van der Waals surface area contributed by atoms with Crippen LogP contribution >= 0.6 is 0 Å². The van der Waals surface area contributed by atoms with Crippen molar-refractivity contribution in [2.45, 2.75) is 10.8 Å². The summed E-state index contributed by atoms with van der Waals surface area (Å²) in [6.45, 7) is 0.180. The van der Waals surface area contributed by atoms with Gasteiger partial charge in [-0.15, -0.1) is 0 Å². The standard InChI is InChI=1S/C38H37N5O4S/c1-41(2)31-19-12-27(13-20-31)37(44)39-29-16-10-26(11-17-29)35-25-43(48(46,47)33-8-6-5-7-9-33)36-24-30(18-23-34(35)36)40-38(45)28-14-21-32(22-15-28)42(3)4/h5-24,35H,25H2,1-4H3,(H,39,44)(H,40,45). The quantitative estimate of drug-likeness (QED) is 0.184. The van der Waals surface area contributed by atoms with Crippen LogP contribution in [0.25, 0.3) is 0 Å². The average Bonchev–Trinajstić information content (AvgIpc) is 3.48. The van der Waals surface area contributed by atoms with E-state index in [2.05, 4.69) is 10.6 Å². The summed E-state index contributed by atoms with van der Waals surface area (Å²) in [7, 11) is 3.84. The zero-order chi connectivity index (χ0) is 34.0. The maximum atomic E-state index is 14.0. The van der Waals surface area contributed by atoms with Crippen LogP contribution in [0.4, 0.5) is 28.4 Å². The van der Waals surface area contributed by atoms with Crippen molar-refractivity contribution in [2.75, 3.05) is 59.5 Å². The van der Waals surface area contributed by atoms with E-state index in [9.17, 15) is 18.0 Å². The molecule has 0 saturated carbocycles. The van der Waals surface area contributed by atoms with Gasteiger partial charge in [0.15, 0.2) is 0 Å². The predicted molar refractivity (Wildman–Crippen MR) is 193 cm³/mol. The fourth-order valence-corrected chi connectivity index (χ4v) is 7.27. The lowest BCUT2D eigenvalue weighted by Gasteiger charge is -2.21. The summed E-state index contributed by atoms with van der Waals surface area (Å²) >= 11 is 0. The molecule has 5 aromatic carbocycles. The van der Waals surface area contributed by atoms with Gasteiger partial charge in [-0.3, -0.25) is 13.9 Å². The molecule has 5 aromatic rings. The van der Waals surface area contributed by atoms with Crippen molar-refractivity contribution in [3.05, 3.63) is 144 Å². The van der Waals surface area contributed by atoms with Gasteiger partial charge in [0.2, 0.25) is 0 Å². The van der Waals surface area contributed by atoms with E-state index in [1.807, 2.05) is 92.6 Å². The van der Waals surface area contributed by atoms with Crippen LogP contribution in [0.15, 0.2) is 126 Å². The van der Waals surface area contributed by atoms with Gasteiger partial charge in [0.1, 0.15) is 0 Å². The number of sulfonamides is 1. The Kier molecular flexibility index (Phi) is 8.92. The van der Waals surface area contributed by atoms with Gasteiger partial charge in [-0.25, -0.2) is 8.42 Å². The second-order valence-corrected chi connectivity index (χ2v) is 14.0. The number of carbonyl (C=O) groups is 2. The molecule has 0 bridgehead atoms. The summed E-state index contributed by atoms with van der Waals surface area (Å²) in [4.78, 5) is 30.1. The molecule has 1 aliphatic heterocycles. The molecule has 10 heteroatoms.